The van der Waals surface area contributed by atoms with E-state index in [1.165, 1.54) is 0 Å². The smallest absolute Gasteiger partial charge is 0.0941 e. The Morgan fingerprint density at radius 1 is 1.00 bits per heavy atom. The van der Waals surface area contributed by atoms with Crippen molar-refractivity contribution in [2.75, 3.05) is 13.1 Å². The Kier molecular flexibility index (Phi) is 7.07. The summed E-state index contributed by atoms with van der Waals surface area (Å²) in [5.41, 5.74) is 7.16. The van der Waals surface area contributed by atoms with Crippen LogP contribution in [0, 0.1) is 22.7 Å². The molecule has 0 radical (unpaired) electrons. The molecule has 0 rings (SSSR count). The molecule has 0 saturated heterocycles. The van der Waals surface area contributed by atoms with Crippen LogP contribution >= 0.6 is 0 Å². The average Bonchev–Trinajstić information content (AvgIpc) is 2.22. The van der Waals surface area contributed by atoms with E-state index in [1.54, 1.807) is 26.0 Å². The molecule has 0 aromatic carbocycles. The van der Waals surface area contributed by atoms with Crippen molar-refractivity contribution in [2.45, 2.75) is 13.8 Å². The summed E-state index contributed by atoms with van der Waals surface area (Å²) < 4.78 is 0. The molecule has 0 saturated carbocycles. The minimum absolute atomic E-state index is 0.596. The lowest BCUT2D eigenvalue weighted by Gasteiger charge is -2.00. The van der Waals surface area contributed by atoms with Crippen LogP contribution in [0.5, 0.6) is 0 Å². The summed E-state index contributed by atoms with van der Waals surface area (Å²) in [6.45, 7) is 4.69. The van der Waals surface area contributed by atoms with Gasteiger partial charge in [-0.05, 0) is 13.8 Å². The van der Waals surface area contributed by atoms with Gasteiger partial charge in [-0.25, -0.2) is 0 Å². The van der Waals surface area contributed by atoms with E-state index in [4.69, 9.17) is 10.5 Å². The van der Waals surface area contributed by atoms with Gasteiger partial charge in [0.1, 0.15) is 0 Å². The Balaban J connectivity index is 3.51. The van der Waals surface area contributed by atoms with E-state index in [1.807, 2.05) is 12.1 Å². The van der Waals surface area contributed by atoms with Gasteiger partial charge in [-0.1, -0.05) is 12.2 Å². The summed E-state index contributed by atoms with van der Waals surface area (Å²) in [4.78, 5) is 0. The van der Waals surface area contributed by atoms with Crippen LogP contribution < -0.4 is 10.9 Å². The summed E-state index contributed by atoms with van der Waals surface area (Å²) >= 11 is 0. The molecule has 14 heavy (non-hydrogen) atoms. The third kappa shape index (κ3) is 7.05. The molecule has 0 aliphatic heterocycles. The van der Waals surface area contributed by atoms with E-state index in [-0.39, 0.29) is 0 Å². The molecule has 0 aromatic rings. The van der Waals surface area contributed by atoms with Gasteiger partial charge in [0.05, 0.1) is 12.1 Å². The molecule has 0 atom stereocenters. The third-order valence-corrected chi connectivity index (χ3v) is 1.50. The number of rotatable bonds is 5. The van der Waals surface area contributed by atoms with E-state index in [2.05, 4.69) is 10.9 Å². The fourth-order valence-corrected chi connectivity index (χ4v) is 0.644. The number of hydrogen-bond donors (Lipinski definition) is 2. The molecule has 0 fully saturated rings. The zero-order valence-corrected chi connectivity index (χ0v) is 8.46. The fraction of sp³-hybridized carbons (Fsp3) is 0.400. The standard InChI is InChI=1S/C10H14N4/c1-9(7-11)3-5-13-14-6-4-10(2)8-12/h3-4,13-14H,5-6H2,1-2H3. The first-order chi connectivity index (χ1) is 6.70. The van der Waals surface area contributed by atoms with Crippen LogP contribution in [0.1, 0.15) is 13.8 Å². The van der Waals surface area contributed by atoms with Crippen molar-refractivity contribution in [3.63, 3.8) is 0 Å². The Labute approximate surface area is 84.5 Å². The molecule has 0 spiro atoms. The second kappa shape index (κ2) is 8.00. The molecule has 0 heterocycles. The topological polar surface area (TPSA) is 71.6 Å². The van der Waals surface area contributed by atoms with Gasteiger partial charge in [-0.3, -0.25) is 10.9 Å². The minimum atomic E-state index is 0.596. The van der Waals surface area contributed by atoms with Crippen molar-refractivity contribution in [1.82, 2.24) is 10.9 Å². The maximum atomic E-state index is 8.43. The monoisotopic (exact) mass is 190 g/mol. The third-order valence-electron chi connectivity index (χ3n) is 1.50. The predicted octanol–water partition coefficient (Wildman–Crippen LogP) is 1.02. The Bertz CT molecular complexity index is 269. The highest BCUT2D eigenvalue weighted by molar-refractivity contribution is 5.18. The van der Waals surface area contributed by atoms with Crippen LogP contribution in [0.2, 0.25) is 0 Å². The van der Waals surface area contributed by atoms with Crippen molar-refractivity contribution in [3.05, 3.63) is 23.3 Å². The first-order valence-corrected chi connectivity index (χ1v) is 4.30. The van der Waals surface area contributed by atoms with Gasteiger partial charge in [0, 0.05) is 24.2 Å². The molecule has 4 nitrogen and oxygen atoms in total. The number of nitriles is 2. The molecule has 74 valence electrons. The summed E-state index contributed by atoms with van der Waals surface area (Å²) in [5.74, 6) is 0. The number of hydrazine groups is 1. The summed E-state index contributed by atoms with van der Waals surface area (Å²) in [6.07, 6.45) is 3.57. The van der Waals surface area contributed by atoms with Crippen molar-refractivity contribution in [1.29, 1.82) is 10.5 Å². The maximum absolute atomic E-state index is 8.43. The van der Waals surface area contributed by atoms with Crippen molar-refractivity contribution < 1.29 is 0 Å². The van der Waals surface area contributed by atoms with Gasteiger partial charge in [0.25, 0.3) is 0 Å². The molecule has 4 heteroatoms. The largest absolute Gasteiger partial charge is 0.254 e. The highest BCUT2D eigenvalue weighted by atomic mass is 15.3. The van der Waals surface area contributed by atoms with E-state index >= 15 is 0 Å². The van der Waals surface area contributed by atoms with E-state index in [9.17, 15) is 0 Å². The lowest BCUT2D eigenvalue weighted by Crippen LogP contribution is -2.32. The summed E-state index contributed by atoms with van der Waals surface area (Å²) in [7, 11) is 0. The Morgan fingerprint density at radius 2 is 1.36 bits per heavy atom. The van der Waals surface area contributed by atoms with Gasteiger partial charge in [-0.15, -0.1) is 0 Å². The predicted molar refractivity (Wildman–Crippen MR) is 54.7 cm³/mol. The van der Waals surface area contributed by atoms with Crippen molar-refractivity contribution in [2.24, 2.45) is 0 Å². The lowest BCUT2D eigenvalue weighted by atomic mass is 10.3. The molecule has 0 aromatic heterocycles. The second-order valence-electron chi connectivity index (χ2n) is 2.76. The van der Waals surface area contributed by atoms with Crippen molar-refractivity contribution in [3.8, 4) is 12.1 Å². The summed E-state index contributed by atoms with van der Waals surface area (Å²) in [5, 5.41) is 16.9. The van der Waals surface area contributed by atoms with E-state index in [0.29, 0.717) is 24.2 Å². The molecule has 0 aliphatic carbocycles. The molecule has 0 unspecified atom stereocenters. The average molecular weight is 190 g/mol. The molecular formula is C10H14N4. The normalized spacial score (nSPS) is 12.0. The first kappa shape index (κ1) is 12.4. The first-order valence-electron chi connectivity index (χ1n) is 4.30. The minimum Gasteiger partial charge on any atom is -0.254 e. The molecule has 2 N–H and O–H groups in total. The zero-order valence-electron chi connectivity index (χ0n) is 8.46. The van der Waals surface area contributed by atoms with Gasteiger partial charge in [-0.2, -0.15) is 10.5 Å². The number of allylic oxidation sites excluding steroid dienone is 2. The van der Waals surface area contributed by atoms with Gasteiger partial charge in [0.2, 0.25) is 0 Å². The number of nitrogens with zero attached hydrogens (tertiary/aromatic N) is 2. The second-order valence-corrected chi connectivity index (χ2v) is 2.76. The molecule has 0 bridgehead atoms. The van der Waals surface area contributed by atoms with Gasteiger partial charge < -0.3 is 0 Å². The van der Waals surface area contributed by atoms with Crippen LogP contribution in [-0.4, -0.2) is 13.1 Å². The fourth-order valence-electron chi connectivity index (χ4n) is 0.644. The van der Waals surface area contributed by atoms with Crippen LogP contribution in [0.15, 0.2) is 23.3 Å². The molecule has 0 aliphatic rings. The van der Waals surface area contributed by atoms with E-state index in [0.717, 1.165) is 0 Å². The SMILES string of the molecule is CC(C#N)=CCNNCC=C(C)C#N. The molecule has 0 amide bonds. The Hall–Kier alpha value is -1.62. The Morgan fingerprint density at radius 3 is 1.64 bits per heavy atom. The zero-order chi connectivity index (χ0) is 10.8. The van der Waals surface area contributed by atoms with Crippen LogP contribution in [0.3, 0.4) is 0 Å². The van der Waals surface area contributed by atoms with Crippen LogP contribution in [0.4, 0.5) is 0 Å². The molecular weight excluding hydrogens is 176 g/mol. The van der Waals surface area contributed by atoms with Crippen molar-refractivity contribution >= 4 is 0 Å². The highest BCUT2D eigenvalue weighted by Crippen LogP contribution is 1.86. The van der Waals surface area contributed by atoms with Crippen LogP contribution in [-0.2, 0) is 0 Å². The van der Waals surface area contributed by atoms with Gasteiger partial charge >= 0.3 is 0 Å². The van der Waals surface area contributed by atoms with E-state index < -0.39 is 0 Å². The lowest BCUT2D eigenvalue weighted by molar-refractivity contribution is 0.609. The number of nitrogens with one attached hydrogen (secondary N) is 2. The maximum Gasteiger partial charge on any atom is 0.0941 e. The van der Waals surface area contributed by atoms with Crippen LogP contribution in [0.25, 0.3) is 0 Å². The highest BCUT2D eigenvalue weighted by Gasteiger charge is 1.85. The number of hydrogen-bond acceptors (Lipinski definition) is 4. The van der Waals surface area contributed by atoms with Gasteiger partial charge in [0.15, 0.2) is 0 Å². The summed E-state index contributed by atoms with van der Waals surface area (Å²) in [6, 6.07) is 4.04. The quantitative estimate of drug-likeness (QED) is 0.386.